The van der Waals surface area contributed by atoms with Gasteiger partial charge in [-0.2, -0.15) is 0 Å². The number of aromatic hydroxyl groups is 1. The number of benzene rings is 2. The lowest BCUT2D eigenvalue weighted by Gasteiger charge is -2.18. The highest BCUT2D eigenvalue weighted by molar-refractivity contribution is 5.89. The van der Waals surface area contributed by atoms with E-state index in [9.17, 15) is 9.50 Å². The number of carboxylic acid groups (broad SMARTS) is 1. The van der Waals surface area contributed by atoms with Crippen LogP contribution in [0.2, 0.25) is 0 Å². The average Bonchev–Trinajstić information content (AvgIpc) is 3.30. The van der Waals surface area contributed by atoms with Crippen LogP contribution in [0.4, 0.5) is 4.39 Å². The zero-order chi connectivity index (χ0) is 21.1. The Morgan fingerprint density at radius 2 is 1.97 bits per heavy atom. The minimum absolute atomic E-state index is 0.196. The van der Waals surface area contributed by atoms with Crippen LogP contribution in [0.5, 0.6) is 5.75 Å². The molecule has 6 heteroatoms. The third kappa shape index (κ3) is 3.98. The van der Waals surface area contributed by atoms with Crippen molar-refractivity contribution in [1.29, 1.82) is 0 Å². The number of halogens is 1. The quantitative estimate of drug-likeness (QED) is 0.600. The van der Waals surface area contributed by atoms with Gasteiger partial charge in [0.15, 0.2) is 0 Å². The average molecular weight is 399 g/mol. The molecule has 1 aliphatic heterocycles. The van der Waals surface area contributed by atoms with Crippen LogP contribution in [0.15, 0.2) is 36.4 Å². The highest BCUT2D eigenvalue weighted by Crippen LogP contribution is 2.42. The summed E-state index contributed by atoms with van der Waals surface area (Å²) in [4.78, 5) is 8.36. The maximum Gasteiger partial charge on any atom is 0.290 e. The van der Waals surface area contributed by atoms with Crippen molar-refractivity contribution in [3.63, 3.8) is 0 Å². The second-order valence-corrected chi connectivity index (χ2v) is 7.59. The molecule has 2 heterocycles. The number of aromatic nitrogens is 1. The lowest BCUT2D eigenvalue weighted by molar-refractivity contribution is -0.122. The highest BCUT2D eigenvalue weighted by Gasteiger charge is 2.29. The molecule has 1 saturated heterocycles. The molecule has 0 saturated carbocycles. The van der Waals surface area contributed by atoms with E-state index in [-0.39, 0.29) is 24.0 Å². The van der Waals surface area contributed by atoms with E-state index in [1.165, 1.54) is 17.3 Å². The van der Waals surface area contributed by atoms with Crippen LogP contribution < -0.4 is 0 Å². The zero-order valence-electron chi connectivity index (χ0n) is 16.9. The monoisotopic (exact) mass is 399 g/mol. The smallest absolute Gasteiger partial charge is 0.290 e. The van der Waals surface area contributed by atoms with Gasteiger partial charge < -0.3 is 19.5 Å². The number of phenolic OH excluding ortho intramolecular Hbond substituents is 1. The second kappa shape index (κ2) is 8.66. The van der Waals surface area contributed by atoms with Crippen molar-refractivity contribution in [3.05, 3.63) is 59.0 Å². The molecule has 1 unspecified atom stereocenters. The van der Waals surface area contributed by atoms with Crippen molar-refractivity contribution in [2.75, 3.05) is 13.2 Å². The number of fused-ring (bicyclic) bond motifs is 1. The molecule has 5 nitrogen and oxygen atoms in total. The van der Waals surface area contributed by atoms with Crippen LogP contribution in [0.3, 0.4) is 0 Å². The van der Waals surface area contributed by atoms with E-state index in [4.69, 9.17) is 14.6 Å². The highest BCUT2D eigenvalue weighted by atomic mass is 19.1. The summed E-state index contributed by atoms with van der Waals surface area (Å²) < 4.78 is 21.7. The first-order valence-electron chi connectivity index (χ1n) is 9.68. The Hall–Kier alpha value is -2.86. The van der Waals surface area contributed by atoms with Gasteiger partial charge in [0.05, 0.1) is 12.1 Å². The summed E-state index contributed by atoms with van der Waals surface area (Å²) in [6.07, 6.45) is 0.983. The van der Waals surface area contributed by atoms with Gasteiger partial charge in [0.25, 0.3) is 6.47 Å². The van der Waals surface area contributed by atoms with E-state index >= 15 is 0 Å². The Kier molecular flexibility index (Phi) is 6.23. The summed E-state index contributed by atoms with van der Waals surface area (Å²) in [5.74, 6) is 0.670. The van der Waals surface area contributed by atoms with Gasteiger partial charge in [0.1, 0.15) is 11.6 Å². The van der Waals surface area contributed by atoms with Gasteiger partial charge in [-0.1, -0.05) is 13.8 Å². The third-order valence-corrected chi connectivity index (χ3v) is 5.31. The molecule has 0 bridgehead atoms. The number of nitrogens with zero attached hydrogens (tertiary/aromatic N) is 1. The van der Waals surface area contributed by atoms with Gasteiger partial charge in [-0.3, -0.25) is 4.79 Å². The predicted molar refractivity (Wildman–Crippen MR) is 111 cm³/mol. The lowest BCUT2D eigenvalue weighted by atomic mass is 9.91. The van der Waals surface area contributed by atoms with Gasteiger partial charge in [0.2, 0.25) is 0 Å². The Balaban J connectivity index is 0.000000755. The fourth-order valence-corrected chi connectivity index (χ4v) is 4.13. The maximum absolute atomic E-state index is 13.8. The maximum atomic E-state index is 13.8. The summed E-state index contributed by atoms with van der Waals surface area (Å²) in [7, 11) is 0. The van der Waals surface area contributed by atoms with Crippen molar-refractivity contribution < 1.29 is 24.1 Å². The summed E-state index contributed by atoms with van der Waals surface area (Å²) in [6.45, 7) is 7.37. The summed E-state index contributed by atoms with van der Waals surface area (Å²) in [6, 6.07) is 10.8. The van der Waals surface area contributed by atoms with Crippen molar-refractivity contribution in [1.82, 2.24) is 4.57 Å². The fraction of sp³-hybridized carbons (Fsp3) is 0.348. The van der Waals surface area contributed by atoms with Gasteiger partial charge in [-0.25, -0.2) is 4.39 Å². The second-order valence-electron chi connectivity index (χ2n) is 7.59. The molecule has 2 N–H and O–H groups in total. The summed E-state index contributed by atoms with van der Waals surface area (Å²) in [5.41, 5.74) is 5.09. The molecule has 0 spiro atoms. The number of hydrogen-bond acceptors (Lipinski definition) is 3. The molecule has 29 heavy (non-hydrogen) atoms. The molecule has 1 aromatic heterocycles. The van der Waals surface area contributed by atoms with E-state index in [0.717, 1.165) is 29.6 Å². The van der Waals surface area contributed by atoms with E-state index < -0.39 is 0 Å². The number of carbonyl (C=O) groups is 1. The van der Waals surface area contributed by atoms with Crippen molar-refractivity contribution >= 4 is 17.4 Å². The fourth-order valence-electron chi connectivity index (χ4n) is 4.13. The molecule has 1 aliphatic rings. The zero-order valence-corrected chi connectivity index (χ0v) is 16.9. The molecule has 0 amide bonds. The minimum Gasteiger partial charge on any atom is -0.508 e. The number of rotatable bonds is 3. The molecule has 1 fully saturated rings. The van der Waals surface area contributed by atoms with Crippen LogP contribution in [0, 0.1) is 12.7 Å². The Labute approximate surface area is 169 Å². The molecule has 3 aromatic rings. The van der Waals surface area contributed by atoms with Gasteiger partial charge in [0, 0.05) is 29.3 Å². The van der Waals surface area contributed by atoms with E-state index in [0.29, 0.717) is 18.1 Å². The minimum atomic E-state index is -0.250. The molecule has 0 aliphatic carbocycles. The van der Waals surface area contributed by atoms with Crippen molar-refractivity contribution in [2.45, 2.75) is 39.0 Å². The Morgan fingerprint density at radius 3 is 2.55 bits per heavy atom. The van der Waals surface area contributed by atoms with E-state index in [1.54, 1.807) is 13.0 Å². The standard InChI is InChI=1S/C22H24FNO2.CH2O2/c1-13(2)22-21(15-8-9-26-12-15)18-11-17(25)5-7-20(18)24(22)16-4-6-19(23)14(3)10-16;2-1-3/h4-7,10-11,13,15,25H,8-9,12H2,1-3H3;1H,(H,2,3). The molecule has 1 atom stereocenters. The van der Waals surface area contributed by atoms with Crippen LogP contribution in [0.25, 0.3) is 16.6 Å². The van der Waals surface area contributed by atoms with E-state index in [1.807, 2.05) is 24.3 Å². The van der Waals surface area contributed by atoms with E-state index in [2.05, 4.69) is 18.4 Å². The molecular formula is C23H26FNO4. The molecule has 0 radical (unpaired) electrons. The first-order valence-corrected chi connectivity index (χ1v) is 9.68. The molecular weight excluding hydrogens is 373 g/mol. The Bertz CT molecular complexity index is 1020. The number of aryl methyl sites for hydroxylation is 1. The van der Waals surface area contributed by atoms with Crippen molar-refractivity contribution in [2.24, 2.45) is 0 Å². The number of phenols is 1. The summed E-state index contributed by atoms with van der Waals surface area (Å²) >= 11 is 0. The number of hydrogen-bond donors (Lipinski definition) is 2. The molecule has 4 rings (SSSR count). The van der Waals surface area contributed by atoms with Crippen molar-refractivity contribution in [3.8, 4) is 11.4 Å². The SMILES string of the molecule is Cc1cc(-n2c(C(C)C)c(C3CCOC3)c3cc(O)ccc32)ccc1F.O=CO. The first-order chi connectivity index (χ1) is 13.9. The summed E-state index contributed by atoms with van der Waals surface area (Å²) in [5, 5.41) is 18.0. The van der Waals surface area contributed by atoms with Gasteiger partial charge in [-0.15, -0.1) is 0 Å². The van der Waals surface area contributed by atoms with Gasteiger partial charge in [-0.05, 0) is 66.8 Å². The first kappa shape index (κ1) is 20.9. The number of ether oxygens (including phenoxy) is 1. The lowest BCUT2D eigenvalue weighted by Crippen LogP contribution is -2.08. The molecule has 154 valence electrons. The van der Waals surface area contributed by atoms with Crippen LogP contribution in [0.1, 0.15) is 48.9 Å². The largest absolute Gasteiger partial charge is 0.508 e. The van der Waals surface area contributed by atoms with Crippen LogP contribution in [-0.4, -0.2) is 34.5 Å². The third-order valence-electron chi connectivity index (χ3n) is 5.31. The molecule has 2 aromatic carbocycles. The van der Waals surface area contributed by atoms with Gasteiger partial charge >= 0.3 is 0 Å². The predicted octanol–water partition coefficient (Wildman–Crippen LogP) is 5.11. The normalized spacial score (nSPS) is 16.1. The van der Waals surface area contributed by atoms with Crippen LogP contribution >= 0.6 is 0 Å². The topological polar surface area (TPSA) is 71.7 Å². The van der Waals surface area contributed by atoms with Crippen LogP contribution in [-0.2, 0) is 9.53 Å². The Morgan fingerprint density at radius 1 is 1.24 bits per heavy atom.